The van der Waals surface area contributed by atoms with E-state index in [4.69, 9.17) is 14.9 Å². The second-order valence-electron chi connectivity index (χ2n) is 6.81. The number of nitrogens with zero attached hydrogens (tertiary/aromatic N) is 4. The average Bonchev–Trinajstić information content (AvgIpc) is 3.33. The first-order chi connectivity index (χ1) is 14.5. The summed E-state index contributed by atoms with van der Waals surface area (Å²) in [5, 5.41) is 18.0. The van der Waals surface area contributed by atoms with E-state index in [-0.39, 0.29) is 11.7 Å². The van der Waals surface area contributed by atoms with Gasteiger partial charge in [0.1, 0.15) is 0 Å². The van der Waals surface area contributed by atoms with Crippen LogP contribution in [0.5, 0.6) is 0 Å². The highest BCUT2D eigenvalue weighted by Crippen LogP contribution is 2.22. The molecule has 0 amide bonds. The maximum Gasteiger partial charge on any atom is 0.356 e. The Morgan fingerprint density at radius 2 is 1.83 bits per heavy atom. The zero-order valence-electron chi connectivity index (χ0n) is 16.6. The van der Waals surface area contributed by atoms with Crippen molar-refractivity contribution < 1.29 is 19.4 Å². The SMILES string of the molecule is CCOC(=O)c1ccc(-c2cc3cccc(Cn4nc(C(=O)O)cc4C)n3n2)cc1. The van der Waals surface area contributed by atoms with Crippen LogP contribution in [0.3, 0.4) is 0 Å². The van der Waals surface area contributed by atoms with Crippen molar-refractivity contribution in [2.45, 2.75) is 20.4 Å². The summed E-state index contributed by atoms with van der Waals surface area (Å²) in [7, 11) is 0. The smallest absolute Gasteiger partial charge is 0.356 e. The number of aromatic carboxylic acids is 1. The van der Waals surface area contributed by atoms with Crippen molar-refractivity contribution in [1.29, 1.82) is 0 Å². The number of rotatable bonds is 6. The van der Waals surface area contributed by atoms with Crippen LogP contribution in [0.2, 0.25) is 0 Å². The first kappa shape index (κ1) is 19.4. The van der Waals surface area contributed by atoms with E-state index in [0.29, 0.717) is 18.7 Å². The van der Waals surface area contributed by atoms with E-state index in [9.17, 15) is 9.59 Å². The van der Waals surface area contributed by atoms with Gasteiger partial charge in [-0.2, -0.15) is 10.2 Å². The van der Waals surface area contributed by atoms with Gasteiger partial charge in [0, 0.05) is 11.3 Å². The van der Waals surface area contributed by atoms with Crippen molar-refractivity contribution in [2.24, 2.45) is 0 Å². The first-order valence-corrected chi connectivity index (χ1v) is 9.49. The third-order valence-corrected chi connectivity index (χ3v) is 4.77. The Hall–Kier alpha value is -3.94. The van der Waals surface area contributed by atoms with Gasteiger partial charge < -0.3 is 9.84 Å². The van der Waals surface area contributed by atoms with Gasteiger partial charge in [0.25, 0.3) is 0 Å². The van der Waals surface area contributed by atoms with Crippen molar-refractivity contribution in [3.63, 3.8) is 0 Å². The van der Waals surface area contributed by atoms with Gasteiger partial charge >= 0.3 is 11.9 Å². The minimum Gasteiger partial charge on any atom is -0.476 e. The number of benzene rings is 1. The van der Waals surface area contributed by atoms with Gasteiger partial charge in [-0.05, 0) is 50.2 Å². The molecule has 0 aliphatic heterocycles. The molecular weight excluding hydrogens is 384 g/mol. The second-order valence-corrected chi connectivity index (χ2v) is 6.81. The molecule has 30 heavy (non-hydrogen) atoms. The molecular formula is C22H20N4O4. The van der Waals surface area contributed by atoms with Crippen LogP contribution in [0.25, 0.3) is 16.8 Å². The molecule has 0 aliphatic carbocycles. The van der Waals surface area contributed by atoms with E-state index in [2.05, 4.69) is 5.10 Å². The number of hydrogen-bond acceptors (Lipinski definition) is 5. The van der Waals surface area contributed by atoms with Crippen LogP contribution in [-0.4, -0.2) is 43.0 Å². The Bertz CT molecular complexity index is 1240. The molecule has 0 atom stereocenters. The van der Waals surface area contributed by atoms with Crippen LogP contribution in [-0.2, 0) is 11.3 Å². The third-order valence-electron chi connectivity index (χ3n) is 4.77. The molecule has 0 unspecified atom stereocenters. The lowest BCUT2D eigenvalue weighted by Crippen LogP contribution is -2.09. The Labute approximate surface area is 172 Å². The average molecular weight is 404 g/mol. The number of carbonyl (C=O) groups is 2. The molecule has 0 spiro atoms. The summed E-state index contributed by atoms with van der Waals surface area (Å²) in [5.41, 5.74) is 4.68. The highest BCUT2D eigenvalue weighted by Gasteiger charge is 2.14. The Morgan fingerprint density at radius 3 is 2.50 bits per heavy atom. The molecule has 0 bridgehead atoms. The van der Waals surface area contributed by atoms with E-state index in [1.807, 2.05) is 47.8 Å². The van der Waals surface area contributed by atoms with Crippen molar-refractivity contribution in [2.75, 3.05) is 6.61 Å². The highest BCUT2D eigenvalue weighted by molar-refractivity contribution is 5.90. The van der Waals surface area contributed by atoms with Gasteiger partial charge in [0.05, 0.1) is 35.6 Å². The Morgan fingerprint density at radius 1 is 1.07 bits per heavy atom. The summed E-state index contributed by atoms with van der Waals surface area (Å²) < 4.78 is 8.48. The molecule has 3 aromatic heterocycles. The van der Waals surface area contributed by atoms with Gasteiger partial charge in [-0.25, -0.2) is 14.1 Å². The number of ether oxygens (including phenoxy) is 1. The number of aryl methyl sites for hydroxylation is 1. The molecule has 4 aromatic rings. The Balaban J connectivity index is 1.65. The number of aromatic nitrogens is 4. The summed E-state index contributed by atoms with van der Waals surface area (Å²) in [6.45, 7) is 4.31. The fourth-order valence-electron chi connectivity index (χ4n) is 3.25. The van der Waals surface area contributed by atoms with Crippen molar-refractivity contribution in [3.8, 4) is 11.3 Å². The molecule has 4 rings (SSSR count). The number of carbonyl (C=O) groups excluding carboxylic acids is 1. The summed E-state index contributed by atoms with van der Waals surface area (Å²) in [6.07, 6.45) is 0. The number of esters is 1. The lowest BCUT2D eigenvalue weighted by atomic mass is 10.1. The molecule has 0 radical (unpaired) electrons. The second kappa shape index (κ2) is 7.82. The van der Waals surface area contributed by atoms with Gasteiger partial charge in [-0.1, -0.05) is 18.2 Å². The largest absolute Gasteiger partial charge is 0.476 e. The molecule has 152 valence electrons. The minimum absolute atomic E-state index is 0.0162. The predicted molar refractivity (Wildman–Crippen MR) is 110 cm³/mol. The lowest BCUT2D eigenvalue weighted by molar-refractivity contribution is 0.0526. The normalized spacial score (nSPS) is 11.0. The lowest BCUT2D eigenvalue weighted by Gasteiger charge is -2.07. The Kier molecular flexibility index (Phi) is 5.05. The monoisotopic (exact) mass is 404 g/mol. The molecule has 0 saturated heterocycles. The maximum atomic E-state index is 11.8. The number of hydrogen-bond donors (Lipinski definition) is 1. The van der Waals surface area contributed by atoms with E-state index < -0.39 is 5.97 Å². The van der Waals surface area contributed by atoms with Crippen molar-refractivity contribution in [1.82, 2.24) is 19.4 Å². The summed E-state index contributed by atoms with van der Waals surface area (Å²) in [4.78, 5) is 23.0. The number of pyridine rings is 1. The zero-order chi connectivity index (χ0) is 21.3. The molecule has 1 N–H and O–H groups in total. The number of carboxylic acids is 1. The standard InChI is InChI=1S/C22H20N4O4/c1-3-30-22(29)16-9-7-15(8-10-16)19-12-17-5-4-6-18(26(17)24-19)13-25-14(2)11-20(23-25)21(27)28/h4-12H,3,13H2,1-2H3,(H,27,28). The zero-order valence-corrected chi connectivity index (χ0v) is 16.6. The van der Waals surface area contributed by atoms with Crippen molar-refractivity contribution >= 4 is 17.5 Å². The minimum atomic E-state index is -1.05. The van der Waals surface area contributed by atoms with Gasteiger partial charge in [0.15, 0.2) is 5.69 Å². The first-order valence-electron chi connectivity index (χ1n) is 9.49. The quantitative estimate of drug-likeness (QED) is 0.495. The highest BCUT2D eigenvalue weighted by atomic mass is 16.5. The van der Waals surface area contributed by atoms with E-state index in [0.717, 1.165) is 28.2 Å². The molecule has 3 heterocycles. The summed E-state index contributed by atoms with van der Waals surface area (Å²) >= 11 is 0. The molecule has 0 aliphatic rings. The predicted octanol–water partition coefficient (Wildman–Crippen LogP) is 3.43. The molecule has 8 heteroatoms. The van der Waals surface area contributed by atoms with Gasteiger partial charge in [0.2, 0.25) is 0 Å². The fourth-order valence-corrected chi connectivity index (χ4v) is 3.25. The molecule has 1 aromatic carbocycles. The van der Waals surface area contributed by atoms with Crippen LogP contribution in [0.4, 0.5) is 0 Å². The molecule has 0 fully saturated rings. The fraction of sp³-hybridized carbons (Fsp3) is 0.182. The molecule has 0 saturated carbocycles. The van der Waals surface area contributed by atoms with Gasteiger partial charge in [-0.3, -0.25) is 4.68 Å². The molecule has 8 nitrogen and oxygen atoms in total. The van der Waals surface area contributed by atoms with Crippen molar-refractivity contribution in [3.05, 3.63) is 77.2 Å². The topological polar surface area (TPSA) is 98.7 Å². The van der Waals surface area contributed by atoms with E-state index >= 15 is 0 Å². The third kappa shape index (κ3) is 3.67. The maximum absolute atomic E-state index is 11.8. The number of fused-ring (bicyclic) bond motifs is 1. The van der Waals surface area contributed by atoms with Gasteiger partial charge in [-0.15, -0.1) is 0 Å². The van der Waals surface area contributed by atoms with Crippen LogP contribution in [0.15, 0.2) is 54.6 Å². The van der Waals surface area contributed by atoms with Crippen LogP contribution < -0.4 is 0 Å². The summed E-state index contributed by atoms with van der Waals surface area (Å²) in [6, 6.07) is 16.4. The van der Waals surface area contributed by atoms with E-state index in [1.165, 1.54) is 0 Å². The number of carboxylic acid groups (broad SMARTS) is 1. The van der Waals surface area contributed by atoms with Crippen LogP contribution in [0.1, 0.15) is 39.2 Å². The van der Waals surface area contributed by atoms with Crippen LogP contribution >= 0.6 is 0 Å². The summed E-state index contributed by atoms with van der Waals surface area (Å²) in [5.74, 6) is -1.40. The van der Waals surface area contributed by atoms with Crippen LogP contribution in [0, 0.1) is 6.92 Å². The van der Waals surface area contributed by atoms with E-state index in [1.54, 1.807) is 29.8 Å².